The summed E-state index contributed by atoms with van der Waals surface area (Å²) in [6.07, 6.45) is -1.07. The van der Waals surface area contributed by atoms with Crippen molar-refractivity contribution >= 4 is 33.5 Å². The number of hydrogen-bond acceptors (Lipinski definition) is 4. The van der Waals surface area contributed by atoms with E-state index in [9.17, 15) is 14.0 Å². The number of nitrogens with zero attached hydrogens (tertiary/aromatic N) is 1. The van der Waals surface area contributed by atoms with Gasteiger partial charge in [0.2, 0.25) is 0 Å². The lowest BCUT2D eigenvalue weighted by Gasteiger charge is -2.14. The number of hydrogen-bond donors (Lipinski definition) is 1. The molecule has 0 aromatic heterocycles. The summed E-state index contributed by atoms with van der Waals surface area (Å²) < 4.78 is 18.4. The molecule has 5 nitrogen and oxygen atoms in total. The fraction of sp³-hybridized carbons (Fsp3) is 0.118. The monoisotopic (exact) mass is 390 g/mol. The van der Waals surface area contributed by atoms with Gasteiger partial charge in [0.25, 0.3) is 5.91 Å². The molecule has 122 valence electrons. The highest BCUT2D eigenvalue weighted by Crippen LogP contribution is 2.19. The number of esters is 1. The molecule has 2 rings (SSSR count). The van der Waals surface area contributed by atoms with E-state index in [-0.39, 0.29) is 10.0 Å². The maximum Gasteiger partial charge on any atom is 0.340 e. The van der Waals surface area contributed by atoms with Gasteiger partial charge in [0.1, 0.15) is 5.82 Å². The number of anilines is 1. The van der Waals surface area contributed by atoms with Crippen molar-refractivity contribution in [3.05, 3.63) is 63.9 Å². The molecule has 7 heteroatoms. The van der Waals surface area contributed by atoms with Gasteiger partial charge in [0, 0.05) is 10.2 Å². The van der Waals surface area contributed by atoms with E-state index in [1.807, 2.05) is 6.07 Å². The zero-order chi connectivity index (χ0) is 17.7. The van der Waals surface area contributed by atoms with Crippen LogP contribution in [0.5, 0.6) is 0 Å². The van der Waals surface area contributed by atoms with Crippen LogP contribution in [0.25, 0.3) is 0 Å². The molecule has 2 aromatic carbocycles. The van der Waals surface area contributed by atoms with E-state index in [0.717, 1.165) is 12.1 Å². The number of benzene rings is 2. The van der Waals surface area contributed by atoms with Gasteiger partial charge in [0.15, 0.2) is 6.10 Å². The quantitative estimate of drug-likeness (QED) is 0.808. The van der Waals surface area contributed by atoms with Crippen LogP contribution in [-0.4, -0.2) is 18.0 Å². The molecule has 24 heavy (non-hydrogen) atoms. The highest BCUT2D eigenvalue weighted by molar-refractivity contribution is 9.10. The molecule has 1 N–H and O–H groups in total. The second-order valence-electron chi connectivity index (χ2n) is 4.85. The van der Waals surface area contributed by atoms with Crippen LogP contribution in [0.2, 0.25) is 0 Å². The Morgan fingerprint density at radius 3 is 2.71 bits per heavy atom. The average molecular weight is 391 g/mol. The van der Waals surface area contributed by atoms with Crippen molar-refractivity contribution < 1.29 is 18.7 Å². The van der Waals surface area contributed by atoms with Gasteiger partial charge in [-0.3, -0.25) is 4.79 Å². The average Bonchev–Trinajstić information content (AvgIpc) is 2.54. The Labute approximate surface area is 146 Å². The summed E-state index contributed by atoms with van der Waals surface area (Å²) in [6.45, 7) is 1.42. The summed E-state index contributed by atoms with van der Waals surface area (Å²) in [4.78, 5) is 24.1. The van der Waals surface area contributed by atoms with Gasteiger partial charge in [-0.05, 0) is 59.3 Å². The highest BCUT2D eigenvalue weighted by Gasteiger charge is 2.20. The van der Waals surface area contributed by atoms with Crippen LogP contribution >= 0.6 is 15.9 Å². The van der Waals surface area contributed by atoms with Crippen LogP contribution in [0.3, 0.4) is 0 Å². The second kappa shape index (κ2) is 7.70. The van der Waals surface area contributed by atoms with E-state index in [4.69, 9.17) is 10.00 Å². The molecule has 2 aromatic rings. The van der Waals surface area contributed by atoms with Crippen LogP contribution in [-0.2, 0) is 9.53 Å². The summed E-state index contributed by atoms with van der Waals surface area (Å²) in [6, 6.07) is 11.8. The van der Waals surface area contributed by atoms with E-state index in [2.05, 4.69) is 21.2 Å². The minimum absolute atomic E-state index is 0.113. The summed E-state index contributed by atoms with van der Waals surface area (Å²) in [5.41, 5.74) is 0.931. The molecule has 0 heterocycles. The van der Waals surface area contributed by atoms with Crippen molar-refractivity contribution in [2.45, 2.75) is 13.0 Å². The number of nitrogens with one attached hydrogen (secondary N) is 1. The van der Waals surface area contributed by atoms with Crippen LogP contribution in [0, 0.1) is 17.1 Å². The predicted molar refractivity (Wildman–Crippen MR) is 88.8 cm³/mol. The van der Waals surface area contributed by atoms with Crippen molar-refractivity contribution in [1.29, 1.82) is 5.26 Å². The van der Waals surface area contributed by atoms with Gasteiger partial charge < -0.3 is 10.1 Å². The number of nitriles is 1. The first-order valence-electron chi connectivity index (χ1n) is 6.88. The molecule has 1 atom stereocenters. The molecule has 0 unspecified atom stereocenters. The van der Waals surface area contributed by atoms with Crippen LogP contribution < -0.4 is 5.32 Å². The molecule has 0 bridgehead atoms. The Morgan fingerprint density at radius 1 is 1.29 bits per heavy atom. The first kappa shape index (κ1) is 17.6. The SMILES string of the molecule is C[C@@H](OC(=O)c1ccc(F)cc1Br)C(=O)Nc1cccc(C#N)c1. The lowest BCUT2D eigenvalue weighted by molar-refractivity contribution is -0.123. The molecular weight excluding hydrogens is 379 g/mol. The third-order valence-corrected chi connectivity index (χ3v) is 3.72. The molecule has 0 aliphatic heterocycles. The molecule has 0 aliphatic carbocycles. The molecule has 1 amide bonds. The Balaban J connectivity index is 2.03. The topological polar surface area (TPSA) is 79.2 Å². The smallest absolute Gasteiger partial charge is 0.340 e. The third kappa shape index (κ3) is 4.40. The Morgan fingerprint density at radius 2 is 2.04 bits per heavy atom. The van der Waals surface area contributed by atoms with Crippen LogP contribution in [0.1, 0.15) is 22.8 Å². The van der Waals surface area contributed by atoms with E-state index in [1.54, 1.807) is 18.2 Å². The molecule has 0 radical (unpaired) electrons. The standard InChI is InChI=1S/C17H12BrFN2O3/c1-10(16(22)21-13-4-2-3-11(7-13)9-20)24-17(23)14-6-5-12(19)8-15(14)18/h2-8,10H,1H3,(H,21,22)/t10-/m1/s1. The molecule has 0 saturated heterocycles. The fourth-order valence-corrected chi connectivity index (χ4v) is 2.36. The normalized spacial score (nSPS) is 11.2. The minimum Gasteiger partial charge on any atom is -0.449 e. The maximum atomic E-state index is 13.0. The zero-order valence-corrected chi connectivity index (χ0v) is 14.1. The summed E-state index contributed by atoms with van der Waals surface area (Å²) in [5.74, 6) is -1.80. The van der Waals surface area contributed by atoms with Gasteiger partial charge in [0.05, 0.1) is 17.2 Å². The van der Waals surface area contributed by atoms with Crippen LogP contribution in [0.15, 0.2) is 46.9 Å². The van der Waals surface area contributed by atoms with Gasteiger partial charge in [-0.2, -0.15) is 5.26 Å². The van der Waals surface area contributed by atoms with E-state index >= 15 is 0 Å². The van der Waals surface area contributed by atoms with Crippen molar-refractivity contribution in [2.24, 2.45) is 0 Å². The second-order valence-corrected chi connectivity index (χ2v) is 5.71. The van der Waals surface area contributed by atoms with Gasteiger partial charge in [-0.1, -0.05) is 6.07 Å². The molecule has 0 spiro atoms. The van der Waals surface area contributed by atoms with Crippen LogP contribution in [0.4, 0.5) is 10.1 Å². The third-order valence-electron chi connectivity index (χ3n) is 3.06. The van der Waals surface area contributed by atoms with E-state index in [1.165, 1.54) is 19.1 Å². The highest BCUT2D eigenvalue weighted by atomic mass is 79.9. The molecular formula is C17H12BrFN2O3. The van der Waals surface area contributed by atoms with E-state index < -0.39 is 23.8 Å². The van der Waals surface area contributed by atoms with Crippen molar-refractivity contribution in [3.63, 3.8) is 0 Å². The zero-order valence-electron chi connectivity index (χ0n) is 12.5. The number of amides is 1. The molecule has 0 saturated carbocycles. The lowest BCUT2D eigenvalue weighted by atomic mass is 10.2. The predicted octanol–water partition coefficient (Wildman–Crippen LogP) is 3.64. The number of halogens is 2. The van der Waals surface area contributed by atoms with Gasteiger partial charge in [-0.15, -0.1) is 0 Å². The van der Waals surface area contributed by atoms with E-state index in [0.29, 0.717) is 11.3 Å². The van der Waals surface area contributed by atoms with Gasteiger partial charge >= 0.3 is 5.97 Å². The van der Waals surface area contributed by atoms with Gasteiger partial charge in [-0.25, -0.2) is 9.18 Å². The first-order chi connectivity index (χ1) is 11.4. The Bertz CT molecular complexity index is 833. The Hall–Kier alpha value is -2.72. The number of rotatable bonds is 4. The number of ether oxygens (including phenoxy) is 1. The molecule has 0 fully saturated rings. The lowest BCUT2D eigenvalue weighted by Crippen LogP contribution is -2.30. The maximum absolute atomic E-state index is 13.0. The Kier molecular flexibility index (Phi) is 5.66. The number of carbonyl (C=O) groups excluding carboxylic acids is 2. The number of carbonyl (C=O) groups is 2. The first-order valence-corrected chi connectivity index (χ1v) is 7.67. The summed E-state index contributed by atoms with van der Waals surface area (Å²) in [5, 5.41) is 11.4. The van der Waals surface area contributed by atoms with Crippen molar-refractivity contribution in [2.75, 3.05) is 5.32 Å². The fourth-order valence-electron chi connectivity index (χ4n) is 1.84. The molecule has 0 aliphatic rings. The summed E-state index contributed by atoms with van der Waals surface area (Å²) >= 11 is 3.07. The van der Waals surface area contributed by atoms with Crippen molar-refractivity contribution in [1.82, 2.24) is 0 Å². The summed E-state index contributed by atoms with van der Waals surface area (Å²) in [7, 11) is 0. The minimum atomic E-state index is -1.07. The largest absolute Gasteiger partial charge is 0.449 e. The van der Waals surface area contributed by atoms with Crippen molar-refractivity contribution in [3.8, 4) is 6.07 Å².